The fourth-order valence-corrected chi connectivity index (χ4v) is 3.37. The Bertz CT molecular complexity index is 796. The van der Waals surface area contributed by atoms with E-state index in [9.17, 15) is 24.0 Å². The molecule has 5 amide bonds. The molecule has 0 radical (unpaired) electrons. The molecule has 8 nitrogen and oxygen atoms in total. The number of nitrogens with zero attached hydrogens (tertiary/aromatic N) is 2. The second-order valence-electron chi connectivity index (χ2n) is 6.69. The van der Waals surface area contributed by atoms with E-state index in [2.05, 4.69) is 5.32 Å². The number of amides is 5. The highest BCUT2D eigenvalue weighted by molar-refractivity contribution is 6.45. The van der Waals surface area contributed by atoms with Crippen LogP contribution in [0.2, 0.25) is 0 Å². The Hall–Kier alpha value is -3.03. The van der Waals surface area contributed by atoms with Crippen LogP contribution in [0.4, 0.5) is 10.5 Å². The van der Waals surface area contributed by atoms with Crippen molar-refractivity contribution in [3.63, 3.8) is 0 Å². The number of hydrogen-bond acceptors (Lipinski definition) is 5. The first-order valence-corrected chi connectivity index (χ1v) is 9.04. The fourth-order valence-electron chi connectivity index (χ4n) is 3.37. The van der Waals surface area contributed by atoms with E-state index in [1.807, 2.05) is 0 Å². The maximum atomic E-state index is 12.5. The van der Waals surface area contributed by atoms with Crippen LogP contribution in [0.3, 0.4) is 0 Å². The lowest BCUT2D eigenvalue weighted by molar-refractivity contribution is -0.143. The number of benzene rings is 1. The van der Waals surface area contributed by atoms with Crippen molar-refractivity contribution in [2.24, 2.45) is 0 Å². The molecule has 0 aromatic heterocycles. The summed E-state index contributed by atoms with van der Waals surface area (Å²) < 4.78 is 0. The van der Waals surface area contributed by atoms with Crippen molar-refractivity contribution in [1.82, 2.24) is 9.80 Å². The SMILES string of the molecule is CCC(=O)Nc1ccc(C(=O)CN2C(=O)C(=O)N(C3CCCC3)C2=O)cc1. The third-order valence-corrected chi connectivity index (χ3v) is 4.89. The van der Waals surface area contributed by atoms with Gasteiger partial charge in [0.2, 0.25) is 5.91 Å². The highest BCUT2D eigenvalue weighted by Gasteiger charge is 2.48. The molecule has 1 saturated heterocycles. The molecule has 1 saturated carbocycles. The number of Topliss-reactive ketones (excluding diaryl/α,β-unsaturated/α-hetero) is 1. The predicted octanol–water partition coefficient (Wildman–Crippen LogP) is 1.95. The van der Waals surface area contributed by atoms with Gasteiger partial charge in [-0.25, -0.2) is 9.69 Å². The standard InChI is InChI=1S/C19H21N3O5/c1-2-16(24)20-13-9-7-12(8-10-13)15(23)11-21-17(25)18(26)22(19(21)27)14-5-3-4-6-14/h7-10,14H,2-6,11H2,1H3,(H,20,24). The minimum absolute atomic E-state index is 0.146. The van der Waals surface area contributed by atoms with Crippen molar-refractivity contribution < 1.29 is 24.0 Å². The van der Waals surface area contributed by atoms with E-state index in [4.69, 9.17) is 0 Å². The number of hydrogen-bond donors (Lipinski definition) is 1. The van der Waals surface area contributed by atoms with Crippen LogP contribution in [0.1, 0.15) is 49.4 Å². The predicted molar refractivity (Wildman–Crippen MR) is 95.9 cm³/mol. The molecule has 2 aliphatic rings. The molecule has 0 bridgehead atoms. The van der Waals surface area contributed by atoms with Crippen LogP contribution in [0.25, 0.3) is 0 Å². The number of carbonyl (C=O) groups excluding carboxylic acids is 5. The Kier molecular flexibility index (Phi) is 5.34. The van der Waals surface area contributed by atoms with Gasteiger partial charge in [0.15, 0.2) is 5.78 Å². The van der Waals surface area contributed by atoms with Gasteiger partial charge in [-0.2, -0.15) is 0 Å². The number of urea groups is 1. The zero-order valence-corrected chi connectivity index (χ0v) is 15.1. The number of anilines is 1. The monoisotopic (exact) mass is 371 g/mol. The molecule has 1 aliphatic heterocycles. The van der Waals surface area contributed by atoms with E-state index in [1.54, 1.807) is 19.1 Å². The van der Waals surface area contributed by atoms with E-state index >= 15 is 0 Å². The number of nitrogens with one attached hydrogen (secondary N) is 1. The van der Waals surface area contributed by atoms with E-state index in [1.165, 1.54) is 12.1 Å². The first-order chi connectivity index (χ1) is 12.9. The van der Waals surface area contributed by atoms with Crippen molar-refractivity contribution in [2.75, 3.05) is 11.9 Å². The molecule has 0 unspecified atom stereocenters. The van der Waals surface area contributed by atoms with Crippen LogP contribution in [-0.4, -0.2) is 51.9 Å². The van der Waals surface area contributed by atoms with Crippen LogP contribution in [0.5, 0.6) is 0 Å². The maximum Gasteiger partial charge on any atom is 0.334 e. The van der Waals surface area contributed by atoms with Gasteiger partial charge in [0.05, 0.1) is 6.54 Å². The highest BCUT2D eigenvalue weighted by Crippen LogP contribution is 2.27. The summed E-state index contributed by atoms with van der Waals surface area (Å²) in [6.45, 7) is 1.25. The van der Waals surface area contributed by atoms with Crippen molar-refractivity contribution in [3.8, 4) is 0 Å². The lowest BCUT2D eigenvalue weighted by atomic mass is 10.1. The second kappa shape index (κ2) is 7.69. The van der Waals surface area contributed by atoms with Crippen LogP contribution < -0.4 is 5.32 Å². The van der Waals surface area contributed by atoms with E-state index in [0.717, 1.165) is 22.6 Å². The average Bonchev–Trinajstić information content (AvgIpc) is 3.25. The Morgan fingerprint density at radius 2 is 1.67 bits per heavy atom. The van der Waals surface area contributed by atoms with Crippen LogP contribution in [-0.2, 0) is 14.4 Å². The third-order valence-electron chi connectivity index (χ3n) is 4.89. The van der Waals surface area contributed by atoms with Crippen molar-refractivity contribution in [2.45, 2.75) is 45.1 Å². The highest BCUT2D eigenvalue weighted by atomic mass is 16.2. The van der Waals surface area contributed by atoms with Gasteiger partial charge < -0.3 is 5.32 Å². The molecular weight excluding hydrogens is 350 g/mol. The second-order valence-corrected chi connectivity index (χ2v) is 6.69. The summed E-state index contributed by atoms with van der Waals surface area (Å²) in [4.78, 5) is 62.4. The molecule has 2 fully saturated rings. The quantitative estimate of drug-likeness (QED) is 0.468. The van der Waals surface area contributed by atoms with Crippen molar-refractivity contribution >= 4 is 35.2 Å². The van der Waals surface area contributed by atoms with Gasteiger partial charge in [-0.1, -0.05) is 19.8 Å². The Labute approximate surface area is 156 Å². The average molecular weight is 371 g/mol. The Balaban J connectivity index is 1.68. The summed E-state index contributed by atoms with van der Waals surface area (Å²) in [5.74, 6) is -2.40. The van der Waals surface area contributed by atoms with Gasteiger partial charge in [-0.15, -0.1) is 0 Å². The van der Waals surface area contributed by atoms with Gasteiger partial charge in [0.1, 0.15) is 0 Å². The normalized spacial score (nSPS) is 17.7. The van der Waals surface area contributed by atoms with E-state index in [-0.39, 0.29) is 17.5 Å². The molecule has 1 N–H and O–H groups in total. The fraction of sp³-hybridized carbons (Fsp3) is 0.421. The number of rotatable bonds is 6. The number of ketones is 1. The molecule has 3 rings (SSSR count). The molecule has 0 atom stereocenters. The van der Waals surface area contributed by atoms with Gasteiger partial charge in [0.25, 0.3) is 0 Å². The lowest BCUT2D eigenvalue weighted by Crippen LogP contribution is -2.41. The first-order valence-electron chi connectivity index (χ1n) is 9.04. The molecule has 1 aromatic rings. The lowest BCUT2D eigenvalue weighted by Gasteiger charge is -2.20. The van der Waals surface area contributed by atoms with Gasteiger partial charge >= 0.3 is 17.8 Å². The van der Waals surface area contributed by atoms with Crippen LogP contribution >= 0.6 is 0 Å². The summed E-state index contributed by atoms with van der Waals surface area (Å²) in [7, 11) is 0. The van der Waals surface area contributed by atoms with Crippen LogP contribution in [0, 0.1) is 0 Å². The largest absolute Gasteiger partial charge is 0.334 e. The third kappa shape index (κ3) is 3.74. The van der Waals surface area contributed by atoms with E-state index in [0.29, 0.717) is 24.9 Å². The zero-order chi connectivity index (χ0) is 19.6. The van der Waals surface area contributed by atoms with E-state index < -0.39 is 30.2 Å². The summed E-state index contributed by atoms with van der Waals surface area (Å²) in [5.41, 5.74) is 0.839. The van der Waals surface area contributed by atoms with Gasteiger partial charge in [0, 0.05) is 23.7 Å². The zero-order valence-electron chi connectivity index (χ0n) is 15.1. The van der Waals surface area contributed by atoms with Gasteiger partial charge in [-0.05, 0) is 37.1 Å². The van der Waals surface area contributed by atoms with Gasteiger partial charge in [-0.3, -0.25) is 24.1 Å². The molecule has 8 heteroatoms. The molecule has 142 valence electrons. The molecule has 1 heterocycles. The smallest absolute Gasteiger partial charge is 0.326 e. The Morgan fingerprint density at radius 1 is 1.04 bits per heavy atom. The summed E-state index contributed by atoms with van der Waals surface area (Å²) in [5, 5.41) is 2.67. The minimum Gasteiger partial charge on any atom is -0.326 e. The molecular formula is C19H21N3O5. The van der Waals surface area contributed by atoms with Crippen LogP contribution in [0.15, 0.2) is 24.3 Å². The topological polar surface area (TPSA) is 104 Å². The molecule has 0 spiro atoms. The van der Waals surface area contributed by atoms with Crippen molar-refractivity contribution in [3.05, 3.63) is 29.8 Å². The summed E-state index contributed by atoms with van der Waals surface area (Å²) >= 11 is 0. The van der Waals surface area contributed by atoms with Crippen molar-refractivity contribution in [1.29, 1.82) is 0 Å². The minimum atomic E-state index is -0.952. The number of carbonyl (C=O) groups is 5. The molecule has 1 aliphatic carbocycles. The molecule has 1 aromatic carbocycles. The maximum absolute atomic E-state index is 12.5. The summed E-state index contributed by atoms with van der Waals surface area (Å²) in [6.07, 6.45) is 3.55. The number of imide groups is 2. The first kappa shape index (κ1) is 18.8. The Morgan fingerprint density at radius 3 is 2.26 bits per heavy atom. The summed E-state index contributed by atoms with van der Waals surface area (Å²) in [6, 6.07) is 5.20. The molecule has 27 heavy (non-hydrogen) atoms.